The Kier molecular flexibility index (Phi) is 5.57. The van der Waals surface area contributed by atoms with Crippen molar-refractivity contribution in [1.29, 1.82) is 0 Å². The third-order valence-corrected chi connectivity index (χ3v) is 5.53. The molecule has 148 valence electrons. The molecule has 4 aromatic rings. The van der Waals surface area contributed by atoms with Crippen molar-refractivity contribution in [2.24, 2.45) is 0 Å². The minimum Gasteiger partial charge on any atom is -0.463 e. The number of amides is 1. The summed E-state index contributed by atoms with van der Waals surface area (Å²) in [6.45, 7) is 4.04. The molecule has 7 heteroatoms. The number of thioether (sulfide) groups is 1. The molecule has 29 heavy (non-hydrogen) atoms. The number of aryl methyl sites for hydroxylation is 1. The van der Waals surface area contributed by atoms with E-state index in [1.807, 2.05) is 56.3 Å². The minimum absolute atomic E-state index is 0.0183. The van der Waals surface area contributed by atoms with Gasteiger partial charge in [-0.05, 0) is 55.3 Å². The molecule has 2 N–H and O–H groups in total. The van der Waals surface area contributed by atoms with Crippen molar-refractivity contribution in [3.63, 3.8) is 0 Å². The Morgan fingerprint density at radius 2 is 1.83 bits per heavy atom. The topological polar surface area (TPSA) is 84.1 Å². The molecule has 0 aliphatic carbocycles. The van der Waals surface area contributed by atoms with Gasteiger partial charge >= 0.3 is 0 Å². The van der Waals surface area contributed by atoms with Gasteiger partial charge in [0.05, 0.1) is 12.5 Å². The number of furan rings is 2. The summed E-state index contributed by atoms with van der Waals surface area (Å²) in [6, 6.07) is 13.3. The molecule has 0 atom stereocenters. The van der Waals surface area contributed by atoms with E-state index in [1.165, 1.54) is 11.8 Å². The summed E-state index contributed by atoms with van der Waals surface area (Å²) < 4.78 is 11.0. The zero-order chi connectivity index (χ0) is 20.2. The number of aromatic nitrogens is 2. The number of nitrogens with zero attached hydrogens (tertiary/aromatic N) is 1. The molecule has 0 spiro atoms. The molecule has 0 saturated carbocycles. The van der Waals surface area contributed by atoms with Gasteiger partial charge < -0.3 is 19.1 Å². The first kappa shape index (κ1) is 19.1. The Labute approximate surface area is 172 Å². The number of nitrogens with one attached hydrogen (secondary N) is 2. The van der Waals surface area contributed by atoms with E-state index in [0.717, 1.165) is 22.5 Å². The highest BCUT2D eigenvalue weighted by Crippen LogP contribution is 2.33. The molecular formula is C22H21N3O3S. The highest BCUT2D eigenvalue weighted by molar-refractivity contribution is 7.99. The van der Waals surface area contributed by atoms with Crippen LogP contribution in [-0.4, -0.2) is 21.6 Å². The lowest BCUT2D eigenvalue weighted by molar-refractivity contribution is -0.115. The molecule has 0 aliphatic rings. The van der Waals surface area contributed by atoms with Gasteiger partial charge in [0.25, 0.3) is 0 Å². The number of carbonyl (C=O) groups is 1. The van der Waals surface area contributed by atoms with Gasteiger partial charge in [0.2, 0.25) is 5.91 Å². The minimum atomic E-state index is -0.0183. The van der Waals surface area contributed by atoms with Gasteiger partial charge in [0.15, 0.2) is 16.7 Å². The first-order valence-corrected chi connectivity index (χ1v) is 10.3. The zero-order valence-electron chi connectivity index (χ0n) is 16.2. The summed E-state index contributed by atoms with van der Waals surface area (Å²) in [7, 11) is 0. The van der Waals surface area contributed by atoms with Crippen molar-refractivity contribution >= 4 is 23.4 Å². The second kappa shape index (κ2) is 8.45. The number of H-pyrrole nitrogens is 1. The molecule has 4 rings (SSSR count). The number of anilines is 1. The van der Waals surface area contributed by atoms with Crippen LogP contribution < -0.4 is 5.32 Å². The van der Waals surface area contributed by atoms with Crippen molar-refractivity contribution in [2.45, 2.75) is 25.4 Å². The average molecular weight is 407 g/mol. The highest BCUT2D eigenvalue weighted by Gasteiger charge is 2.18. The molecular weight excluding hydrogens is 386 g/mol. The second-order valence-electron chi connectivity index (χ2n) is 6.61. The SMILES string of the molecule is Cc1cccc(NC(=O)CCSc2nc(-c3ccco3)c(-c3ccco3)[nH]2)c1C. The second-order valence-corrected chi connectivity index (χ2v) is 7.70. The fraction of sp³-hybridized carbons (Fsp3) is 0.182. The third kappa shape index (κ3) is 4.30. The maximum Gasteiger partial charge on any atom is 0.225 e. The van der Waals surface area contributed by atoms with Crippen LogP contribution in [0, 0.1) is 13.8 Å². The van der Waals surface area contributed by atoms with Crippen molar-refractivity contribution < 1.29 is 13.6 Å². The summed E-state index contributed by atoms with van der Waals surface area (Å²) in [5.74, 6) is 1.92. The van der Waals surface area contributed by atoms with E-state index in [2.05, 4.69) is 15.3 Å². The molecule has 1 aromatic carbocycles. The van der Waals surface area contributed by atoms with Crippen molar-refractivity contribution in [1.82, 2.24) is 9.97 Å². The molecule has 0 saturated heterocycles. The van der Waals surface area contributed by atoms with Gasteiger partial charge in [0.1, 0.15) is 11.4 Å². The van der Waals surface area contributed by atoms with Gasteiger partial charge in [-0.15, -0.1) is 0 Å². The lowest BCUT2D eigenvalue weighted by Gasteiger charge is -2.09. The molecule has 6 nitrogen and oxygen atoms in total. The zero-order valence-corrected chi connectivity index (χ0v) is 17.0. The van der Waals surface area contributed by atoms with Crippen LogP contribution in [0.5, 0.6) is 0 Å². The Morgan fingerprint density at radius 1 is 1.07 bits per heavy atom. The number of rotatable bonds is 7. The Morgan fingerprint density at radius 3 is 2.55 bits per heavy atom. The molecule has 3 heterocycles. The molecule has 0 bridgehead atoms. The van der Waals surface area contributed by atoms with Crippen molar-refractivity contribution in [3.8, 4) is 22.9 Å². The van der Waals surface area contributed by atoms with Crippen molar-refractivity contribution in [3.05, 3.63) is 66.1 Å². The molecule has 0 unspecified atom stereocenters. The van der Waals surface area contributed by atoms with Gasteiger partial charge in [-0.1, -0.05) is 23.9 Å². The van der Waals surface area contributed by atoms with Crippen LogP contribution in [0.15, 0.2) is 69.0 Å². The predicted molar refractivity (Wildman–Crippen MR) is 114 cm³/mol. The summed E-state index contributed by atoms with van der Waals surface area (Å²) in [5.41, 5.74) is 4.55. The molecule has 0 radical (unpaired) electrons. The van der Waals surface area contributed by atoms with Crippen LogP contribution in [-0.2, 0) is 4.79 Å². The molecule has 1 amide bonds. The Hall–Kier alpha value is -3.19. The van der Waals surface area contributed by atoms with E-state index in [-0.39, 0.29) is 5.91 Å². The van der Waals surface area contributed by atoms with E-state index in [1.54, 1.807) is 12.5 Å². The van der Waals surface area contributed by atoms with Crippen LogP contribution >= 0.6 is 11.8 Å². The number of aromatic amines is 1. The first-order chi connectivity index (χ1) is 14.1. The van der Waals surface area contributed by atoms with Crippen molar-refractivity contribution in [2.75, 3.05) is 11.1 Å². The summed E-state index contributed by atoms with van der Waals surface area (Å²) >= 11 is 1.49. The normalized spacial score (nSPS) is 11.0. The number of benzene rings is 1. The Bertz CT molecular complexity index is 1050. The number of hydrogen-bond donors (Lipinski definition) is 2. The van der Waals surface area contributed by atoms with Gasteiger partial charge in [0, 0.05) is 17.9 Å². The van der Waals surface area contributed by atoms with E-state index in [0.29, 0.717) is 34.5 Å². The average Bonchev–Trinajstić information content (AvgIpc) is 3.46. The fourth-order valence-electron chi connectivity index (χ4n) is 2.95. The molecule has 3 aromatic heterocycles. The summed E-state index contributed by atoms with van der Waals surface area (Å²) in [5, 5.41) is 3.70. The van der Waals surface area contributed by atoms with E-state index >= 15 is 0 Å². The monoisotopic (exact) mass is 407 g/mol. The molecule has 0 fully saturated rings. The maximum atomic E-state index is 12.3. The number of imidazole rings is 1. The summed E-state index contributed by atoms with van der Waals surface area (Å²) in [6.07, 6.45) is 3.61. The standard InChI is InChI=1S/C22H21N3O3S/c1-14-6-3-7-16(15(14)2)23-19(26)10-13-29-22-24-20(17-8-4-11-27-17)21(25-22)18-9-5-12-28-18/h3-9,11-12H,10,13H2,1-2H3,(H,23,26)(H,24,25). The maximum absolute atomic E-state index is 12.3. The smallest absolute Gasteiger partial charge is 0.225 e. The van der Waals surface area contributed by atoms with Gasteiger partial charge in [-0.2, -0.15) is 0 Å². The lowest BCUT2D eigenvalue weighted by atomic mass is 10.1. The van der Waals surface area contributed by atoms with E-state index in [9.17, 15) is 4.79 Å². The van der Waals surface area contributed by atoms with Crippen LogP contribution in [0.25, 0.3) is 22.9 Å². The first-order valence-electron chi connectivity index (χ1n) is 9.28. The predicted octanol–water partition coefficient (Wildman–Crippen LogP) is 5.67. The van der Waals surface area contributed by atoms with E-state index < -0.39 is 0 Å². The van der Waals surface area contributed by atoms with Crippen LogP contribution in [0.2, 0.25) is 0 Å². The number of hydrogen-bond acceptors (Lipinski definition) is 5. The van der Waals surface area contributed by atoms with E-state index in [4.69, 9.17) is 8.83 Å². The largest absolute Gasteiger partial charge is 0.463 e. The van der Waals surface area contributed by atoms with Crippen LogP contribution in [0.4, 0.5) is 5.69 Å². The third-order valence-electron chi connectivity index (χ3n) is 4.65. The van der Waals surface area contributed by atoms with Crippen LogP contribution in [0.1, 0.15) is 17.5 Å². The van der Waals surface area contributed by atoms with Gasteiger partial charge in [-0.25, -0.2) is 4.98 Å². The van der Waals surface area contributed by atoms with Gasteiger partial charge in [-0.3, -0.25) is 4.79 Å². The molecule has 0 aliphatic heterocycles. The Balaban J connectivity index is 1.42. The number of carbonyl (C=O) groups excluding carboxylic acids is 1. The quantitative estimate of drug-likeness (QED) is 0.386. The summed E-state index contributed by atoms with van der Waals surface area (Å²) in [4.78, 5) is 20.2. The fourth-order valence-corrected chi connectivity index (χ4v) is 3.76. The van der Waals surface area contributed by atoms with Crippen LogP contribution in [0.3, 0.4) is 0 Å². The lowest BCUT2D eigenvalue weighted by Crippen LogP contribution is -2.13. The highest BCUT2D eigenvalue weighted by atomic mass is 32.2.